The van der Waals surface area contributed by atoms with Crippen molar-refractivity contribution in [1.82, 2.24) is 5.32 Å². The maximum Gasteiger partial charge on any atom is 0.387 e. The van der Waals surface area contributed by atoms with Crippen LogP contribution in [0.3, 0.4) is 0 Å². The molecular weight excluding hydrogens is 252 g/mol. The van der Waals surface area contributed by atoms with Gasteiger partial charge in [0.2, 0.25) is 0 Å². The molecule has 2 N–H and O–H groups in total. The van der Waals surface area contributed by atoms with Crippen molar-refractivity contribution in [1.29, 1.82) is 0 Å². The molecule has 2 rings (SSSR count). The molecule has 0 heterocycles. The summed E-state index contributed by atoms with van der Waals surface area (Å²) >= 11 is 0. The van der Waals surface area contributed by atoms with E-state index in [1.807, 2.05) is 6.07 Å². The van der Waals surface area contributed by atoms with Gasteiger partial charge in [-0.15, -0.1) is 0 Å². The van der Waals surface area contributed by atoms with Crippen molar-refractivity contribution in [3.63, 3.8) is 0 Å². The van der Waals surface area contributed by atoms with E-state index < -0.39 is 6.61 Å². The molecule has 1 aromatic carbocycles. The zero-order chi connectivity index (χ0) is 13.7. The molecule has 0 spiro atoms. The molecule has 0 saturated heterocycles. The molecule has 0 amide bonds. The molecule has 1 saturated carbocycles. The van der Waals surface area contributed by atoms with Crippen LogP contribution in [-0.2, 0) is 6.54 Å². The number of aliphatic hydroxyl groups is 1. The lowest BCUT2D eigenvalue weighted by molar-refractivity contribution is -0.0498. The van der Waals surface area contributed by atoms with Gasteiger partial charge >= 0.3 is 6.61 Å². The van der Waals surface area contributed by atoms with E-state index >= 15 is 0 Å². The Labute approximate surface area is 111 Å². The van der Waals surface area contributed by atoms with Gasteiger partial charge < -0.3 is 15.2 Å². The van der Waals surface area contributed by atoms with Gasteiger partial charge in [0.05, 0.1) is 0 Å². The van der Waals surface area contributed by atoms with Crippen LogP contribution in [0.15, 0.2) is 24.3 Å². The Bertz CT molecular complexity index is 401. The monoisotopic (exact) mass is 271 g/mol. The van der Waals surface area contributed by atoms with Crippen LogP contribution >= 0.6 is 0 Å². The van der Waals surface area contributed by atoms with E-state index in [2.05, 4.69) is 10.1 Å². The highest BCUT2D eigenvalue weighted by atomic mass is 19.3. The number of hydrogen-bond donors (Lipinski definition) is 2. The van der Waals surface area contributed by atoms with E-state index in [1.54, 1.807) is 12.1 Å². The molecule has 0 bridgehead atoms. The van der Waals surface area contributed by atoms with Gasteiger partial charge in [0, 0.05) is 19.2 Å². The van der Waals surface area contributed by atoms with E-state index in [9.17, 15) is 8.78 Å². The molecule has 2 atom stereocenters. The summed E-state index contributed by atoms with van der Waals surface area (Å²) in [6.07, 6.45) is 3.07. The topological polar surface area (TPSA) is 41.5 Å². The van der Waals surface area contributed by atoms with E-state index in [0.29, 0.717) is 18.5 Å². The summed E-state index contributed by atoms with van der Waals surface area (Å²) in [5, 5.41) is 12.5. The first-order valence-electron chi connectivity index (χ1n) is 6.55. The van der Waals surface area contributed by atoms with Gasteiger partial charge in [-0.2, -0.15) is 8.78 Å². The standard InChI is InChI=1S/C14H19F2NO2/c15-14(16)19-13-3-1-2-10(7-13)8-17-12-5-4-11(6-12)9-18/h1-3,7,11-12,14,17-18H,4-6,8-9H2/t11-,12+/m1/s1. The predicted molar refractivity (Wildman–Crippen MR) is 68.1 cm³/mol. The lowest BCUT2D eigenvalue weighted by Gasteiger charge is -2.13. The van der Waals surface area contributed by atoms with Crippen LogP contribution in [0.2, 0.25) is 0 Å². The normalized spacial score (nSPS) is 22.9. The number of rotatable bonds is 6. The molecule has 0 radical (unpaired) electrons. The summed E-state index contributed by atoms with van der Waals surface area (Å²) in [5.41, 5.74) is 0.922. The Balaban J connectivity index is 1.82. The highest BCUT2D eigenvalue weighted by Gasteiger charge is 2.23. The summed E-state index contributed by atoms with van der Waals surface area (Å²) < 4.78 is 28.6. The Morgan fingerprint density at radius 1 is 1.37 bits per heavy atom. The van der Waals surface area contributed by atoms with Crippen molar-refractivity contribution in [3.05, 3.63) is 29.8 Å². The number of benzene rings is 1. The van der Waals surface area contributed by atoms with Gasteiger partial charge in [-0.1, -0.05) is 12.1 Å². The number of aliphatic hydroxyl groups excluding tert-OH is 1. The molecule has 0 aliphatic heterocycles. The minimum atomic E-state index is -2.79. The third-order valence-corrected chi connectivity index (χ3v) is 3.52. The maximum absolute atomic E-state index is 12.1. The first kappa shape index (κ1) is 14.2. The number of nitrogens with one attached hydrogen (secondary N) is 1. The van der Waals surface area contributed by atoms with Crippen LogP contribution in [0.4, 0.5) is 8.78 Å². The van der Waals surface area contributed by atoms with Crippen LogP contribution in [0.5, 0.6) is 5.75 Å². The molecule has 106 valence electrons. The van der Waals surface area contributed by atoms with E-state index in [4.69, 9.17) is 5.11 Å². The van der Waals surface area contributed by atoms with Crippen LogP contribution in [0.25, 0.3) is 0 Å². The van der Waals surface area contributed by atoms with Crippen LogP contribution in [0, 0.1) is 5.92 Å². The van der Waals surface area contributed by atoms with Crippen LogP contribution < -0.4 is 10.1 Å². The van der Waals surface area contributed by atoms with Gasteiger partial charge in [-0.25, -0.2) is 0 Å². The fourth-order valence-corrected chi connectivity index (χ4v) is 2.52. The lowest BCUT2D eigenvalue weighted by atomic mass is 10.1. The van der Waals surface area contributed by atoms with E-state index in [0.717, 1.165) is 24.8 Å². The summed E-state index contributed by atoms with van der Waals surface area (Å²) in [7, 11) is 0. The third kappa shape index (κ3) is 4.44. The van der Waals surface area contributed by atoms with Crippen molar-refractivity contribution in [2.24, 2.45) is 5.92 Å². The minimum absolute atomic E-state index is 0.189. The highest BCUT2D eigenvalue weighted by Crippen LogP contribution is 2.25. The van der Waals surface area contributed by atoms with E-state index in [-0.39, 0.29) is 12.4 Å². The molecule has 3 nitrogen and oxygen atoms in total. The average molecular weight is 271 g/mol. The summed E-state index contributed by atoms with van der Waals surface area (Å²) in [6.45, 7) is -1.91. The number of alkyl halides is 2. The van der Waals surface area contributed by atoms with Gasteiger partial charge in [-0.3, -0.25) is 0 Å². The van der Waals surface area contributed by atoms with Crippen LogP contribution in [-0.4, -0.2) is 24.4 Å². The van der Waals surface area contributed by atoms with Crippen molar-refractivity contribution in [2.75, 3.05) is 6.61 Å². The molecular formula is C14H19F2NO2. The third-order valence-electron chi connectivity index (χ3n) is 3.52. The molecule has 1 fully saturated rings. The highest BCUT2D eigenvalue weighted by molar-refractivity contribution is 5.28. The zero-order valence-corrected chi connectivity index (χ0v) is 10.7. The summed E-state index contributed by atoms with van der Waals surface area (Å²) in [6, 6.07) is 7.13. The van der Waals surface area contributed by atoms with Gasteiger partial charge in [0.1, 0.15) is 5.75 Å². The fourth-order valence-electron chi connectivity index (χ4n) is 2.52. The molecule has 1 aromatic rings. The second-order valence-electron chi connectivity index (χ2n) is 4.97. The Morgan fingerprint density at radius 2 is 2.21 bits per heavy atom. The second-order valence-corrected chi connectivity index (χ2v) is 4.97. The first-order chi connectivity index (χ1) is 9.17. The minimum Gasteiger partial charge on any atom is -0.435 e. The Hall–Kier alpha value is -1.20. The fraction of sp³-hybridized carbons (Fsp3) is 0.571. The summed E-state index contributed by atoms with van der Waals surface area (Å²) in [4.78, 5) is 0. The van der Waals surface area contributed by atoms with Gasteiger partial charge in [0.15, 0.2) is 0 Å². The smallest absolute Gasteiger partial charge is 0.387 e. The zero-order valence-electron chi connectivity index (χ0n) is 10.7. The van der Waals surface area contributed by atoms with Gasteiger partial charge in [0.25, 0.3) is 0 Å². The predicted octanol–water partition coefficient (Wildman–Crippen LogP) is 2.54. The lowest BCUT2D eigenvalue weighted by Crippen LogP contribution is -2.26. The van der Waals surface area contributed by atoms with Crippen molar-refractivity contribution in [3.8, 4) is 5.75 Å². The number of hydrogen-bond acceptors (Lipinski definition) is 3. The maximum atomic E-state index is 12.1. The largest absolute Gasteiger partial charge is 0.435 e. The molecule has 5 heteroatoms. The SMILES string of the molecule is OC[C@@H]1CC[C@H](NCc2cccc(OC(F)F)c2)C1. The van der Waals surface area contributed by atoms with Gasteiger partial charge in [-0.05, 0) is 42.9 Å². The molecule has 19 heavy (non-hydrogen) atoms. The van der Waals surface area contributed by atoms with E-state index in [1.165, 1.54) is 6.07 Å². The number of halogens is 2. The van der Waals surface area contributed by atoms with Crippen molar-refractivity contribution < 1.29 is 18.6 Å². The molecule has 1 aliphatic carbocycles. The Morgan fingerprint density at radius 3 is 2.89 bits per heavy atom. The second kappa shape index (κ2) is 6.82. The van der Waals surface area contributed by atoms with Crippen molar-refractivity contribution in [2.45, 2.75) is 38.5 Å². The molecule has 1 aliphatic rings. The Kier molecular flexibility index (Phi) is 5.10. The first-order valence-corrected chi connectivity index (χ1v) is 6.55. The quantitative estimate of drug-likeness (QED) is 0.835. The van der Waals surface area contributed by atoms with Crippen LogP contribution in [0.1, 0.15) is 24.8 Å². The number of ether oxygens (including phenoxy) is 1. The molecule has 0 aromatic heterocycles. The molecule has 0 unspecified atom stereocenters. The average Bonchev–Trinajstić information content (AvgIpc) is 2.84. The van der Waals surface area contributed by atoms with Crippen molar-refractivity contribution >= 4 is 0 Å². The summed E-state index contributed by atoms with van der Waals surface area (Å²) in [5.74, 6) is 0.583.